The van der Waals surface area contributed by atoms with Crippen molar-refractivity contribution in [3.05, 3.63) is 28.2 Å². The van der Waals surface area contributed by atoms with Gasteiger partial charge in [0.1, 0.15) is 0 Å². The summed E-state index contributed by atoms with van der Waals surface area (Å²) < 4.78 is 0.721. The fourth-order valence-electron chi connectivity index (χ4n) is 0.971. The van der Waals surface area contributed by atoms with Gasteiger partial charge >= 0.3 is 0 Å². The molecule has 0 unspecified atom stereocenters. The van der Waals surface area contributed by atoms with Gasteiger partial charge in [-0.25, -0.2) is 0 Å². The molecule has 3 N–H and O–H groups in total. The lowest BCUT2D eigenvalue weighted by atomic mass is 10.2. The first-order valence-corrected chi connectivity index (χ1v) is 4.77. The molecule has 0 aliphatic rings. The minimum atomic E-state index is -0.0885. The van der Waals surface area contributed by atoms with Crippen LogP contribution in [-0.2, 0) is 0 Å². The number of nitrogens with two attached hydrogens (primary N) is 1. The van der Waals surface area contributed by atoms with Gasteiger partial charge in [-0.2, -0.15) is 0 Å². The van der Waals surface area contributed by atoms with Gasteiger partial charge < -0.3 is 11.1 Å². The van der Waals surface area contributed by atoms with E-state index in [1.807, 2.05) is 6.92 Å². The minimum Gasteiger partial charge on any atom is -0.399 e. The van der Waals surface area contributed by atoms with Crippen molar-refractivity contribution in [3.63, 3.8) is 0 Å². The molecular formula is C9H11BrN2O. The first kappa shape index (κ1) is 10.1. The Morgan fingerprint density at radius 1 is 1.62 bits per heavy atom. The molecule has 3 nitrogen and oxygen atoms in total. The minimum absolute atomic E-state index is 0.0885. The third kappa shape index (κ3) is 2.45. The number of halogens is 1. The van der Waals surface area contributed by atoms with Gasteiger partial charge in [0.2, 0.25) is 0 Å². The second kappa shape index (κ2) is 4.28. The second-order valence-electron chi connectivity index (χ2n) is 2.60. The average molecular weight is 243 g/mol. The fraction of sp³-hybridized carbons (Fsp3) is 0.222. The van der Waals surface area contributed by atoms with Crippen LogP contribution in [0.15, 0.2) is 22.7 Å². The molecule has 0 heterocycles. The van der Waals surface area contributed by atoms with E-state index in [1.54, 1.807) is 18.2 Å². The lowest BCUT2D eigenvalue weighted by Gasteiger charge is -2.04. The largest absolute Gasteiger partial charge is 0.399 e. The van der Waals surface area contributed by atoms with Crippen LogP contribution >= 0.6 is 15.9 Å². The van der Waals surface area contributed by atoms with Crippen LogP contribution in [0.3, 0.4) is 0 Å². The Balaban J connectivity index is 2.95. The standard InChI is InChI=1S/C9H11BrN2O/c1-2-12-9(13)7-4-3-6(11)5-8(7)10/h3-5H,2,11H2,1H3,(H,12,13). The topological polar surface area (TPSA) is 55.1 Å². The van der Waals surface area contributed by atoms with E-state index in [0.29, 0.717) is 17.8 Å². The maximum absolute atomic E-state index is 11.4. The fourth-order valence-corrected chi connectivity index (χ4v) is 1.55. The maximum atomic E-state index is 11.4. The Morgan fingerprint density at radius 3 is 2.85 bits per heavy atom. The van der Waals surface area contributed by atoms with E-state index in [4.69, 9.17) is 5.73 Å². The van der Waals surface area contributed by atoms with E-state index < -0.39 is 0 Å². The summed E-state index contributed by atoms with van der Waals surface area (Å²) in [6, 6.07) is 5.12. The Bertz CT molecular complexity index is 325. The molecule has 0 saturated carbocycles. The van der Waals surface area contributed by atoms with Crippen LogP contribution in [0.1, 0.15) is 17.3 Å². The highest BCUT2D eigenvalue weighted by molar-refractivity contribution is 9.10. The van der Waals surface area contributed by atoms with Crippen LogP contribution in [0, 0.1) is 0 Å². The monoisotopic (exact) mass is 242 g/mol. The zero-order valence-electron chi connectivity index (χ0n) is 7.30. The van der Waals surface area contributed by atoms with E-state index in [2.05, 4.69) is 21.2 Å². The van der Waals surface area contributed by atoms with Gasteiger partial charge in [-0.3, -0.25) is 4.79 Å². The van der Waals surface area contributed by atoms with Crippen molar-refractivity contribution in [2.75, 3.05) is 12.3 Å². The van der Waals surface area contributed by atoms with E-state index in [1.165, 1.54) is 0 Å². The number of carbonyl (C=O) groups excluding carboxylic acids is 1. The molecule has 1 aromatic rings. The summed E-state index contributed by atoms with van der Waals surface area (Å²) in [5.74, 6) is -0.0885. The molecule has 1 amide bonds. The molecule has 1 rings (SSSR count). The maximum Gasteiger partial charge on any atom is 0.252 e. The number of nitrogens with one attached hydrogen (secondary N) is 1. The van der Waals surface area contributed by atoms with Crippen molar-refractivity contribution in [1.82, 2.24) is 5.32 Å². The van der Waals surface area contributed by atoms with Gasteiger partial charge in [-0.1, -0.05) is 0 Å². The summed E-state index contributed by atoms with van der Waals surface area (Å²) in [6.45, 7) is 2.50. The molecule has 0 saturated heterocycles. The molecule has 70 valence electrons. The molecule has 1 aromatic carbocycles. The summed E-state index contributed by atoms with van der Waals surface area (Å²) in [6.07, 6.45) is 0. The van der Waals surface area contributed by atoms with Crippen molar-refractivity contribution in [3.8, 4) is 0 Å². The predicted octanol–water partition coefficient (Wildman–Crippen LogP) is 1.78. The molecule has 0 atom stereocenters. The molecular weight excluding hydrogens is 232 g/mol. The zero-order chi connectivity index (χ0) is 9.84. The number of anilines is 1. The molecule has 0 radical (unpaired) electrons. The van der Waals surface area contributed by atoms with E-state index >= 15 is 0 Å². The molecule has 0 fully saturated rings. The summed E-state index contributed by atoms with van der Waals surface area (Å²) in [7, 11) is 0. The smallest absolute Gasteiger partial charge is 0.252 e. The van der Waals surface area contributed by atoms with Crippen molar-refractivity contribution in [1.29, 1.82) is 0 Å². The van der Waals surface area contributed by atoms with Crippen molar-refractivity contribution in [2.45, 2.75) is 6.92 Å². The highest BCUT2D eigenvalue weighted by atomic mass is 79.9. The molecule has 0 aliphatic carbocycles. The quantitative estimate of drug-likeness (QED) is 0.778. The van der Waals surface area contributed by atoms with Crippen LogP contribution in [0.2, 0.25) is 0 Å². The van der Waals surface area contributed by atoms with Gasteiger partial charge in [0, 0.05) is 16.7 Å². The van der Waals surface area contributed by atoms with Crippen LogP contribution in [0.4, 0.5) is 5.69 Å². The lowest BCUT2D eigenvalue weighted by molar-refractivity contribution is 0.0955. The van der Waals surface area contributed by atoms with Gasteiger partial charge in [0.25, 0.3) is 5.91 Å². The number of hydrogen-bond acceptors (Lipinski definition) is 2. The molecule has 4 heteroatoms. The number of carbonyl (C=O) groups is 1. The molecule has 0 spiro atoms. The summed E-state index contributed by atoms with van der Waals surface area (Å²) in [5, 5.41) is 2.71. The van der Waals surface area contributed by atoms with Crippen LogP contribution < -0.4 is 11.1 Å². The molecule has 0 aromatic heterocycles. The lowest BCUT2D eigenvalue weighted by Crippen LogP contribution is -2.22. The van der Waals surface area contributed by atoms with Crippen molar-refractivity contribution in [2.24, 2.45) is 0 Å². The van der Waals surface area contributed by atoms with Gasteiger partial charge in [-0.05, 0) is 41.1 Å². The average Bonchev–Trinajstić information content (AvgIpc) is 2.04. The third-order valence-electron chi connectivity index (χ3n) is 1.58. The van der Waals surface area contributed by atoms with Gasteiger partial charge in [-0.15, -0.1) is 0 Å². The number of hydrogen-bond donors (Lipinski definition) is 2. The normalized spacial score (nSPS) is 9.69. The Labute approximate surface area is 85.4 Å². The van der Waals surface area contributed by atoms with E-state index in [0.717, 1.165) is 4.47 Å². The number of rotatable bonds is 2. The third-order valence-corrected chi connectivity index (χ3v) is 2.23. The zero-order valence-corrected chi connectivity index (χ0v) is 8.89. The van der Waals surface area contributed by atoms with Crippen LogP contribution in [-0.4, -0.2) is 12.5 Å². The predicted molar refractivity (Wildman–Crippen MR) is 56.6 cm³/mol. The summed E-state index contributed by atoms with van der Waals surface area (Å²) in [4.78, 5) is 11.4. The Hall–Kier alpha value is -1.03. The Morgan fingerprint density at radius 2 is 2.31 bits per heavy atom. The van der Waals surface area contributed by atoms with Crippen molar-refractivity contribution < 1.29 is 4.79 Å². The number of nitrogen functional groups attached to an aromatic ring is 1. The number of benzene rings is 1. The first-order chi connectivity index (χ1) is 6.15. The van der Waals surface area contributed by atoms with Crippen LogP contribution in [0.25, 0.3) is 0 Å². The van der Waals surface area contributed by atoms with Gasteiger partial charge in [0.15, 0.2) is 0 Å². The van der Waals surface area contributed by atoms with E-state index in [-0.39, 0.29) is 5.91 Å². The number of amides is 1. The van der Waals surface area contributed by atoms with Crippen molar-refractivity contribution >= 4 is 27.5 Å². The first-order valence-electron chi connectivity index (χ1n) is 3.98. The molecule has 13 heavy (non-hydrogen) atoms. The summed E-state index contributed by atoms with van der Waals surface area (Å²) in [5.41, 5.74) is 6.79. The highest BCUT2D eigenvalue weighted by Crippen LogP contribution is 2.19. The highest BCUT2D eigenvalue weighted by Gasteiger charge is 2.07. The van der Waals surface area contributed by atoms with Gasteiger partial charge in [0.05, 0.1) is 5.56 Å². The summed E-state index contributed by atoms with van der Waals surface area (Å²) >= 11 is 3.28. The Kier molecular flexibility index (Phi) is 3.31. The molecule has 0 bridgehead atoms. The van der Waals surface area contributed by atoms with E-state index in [9.17, 15) is 4.79 Å². The van der Waals surface area contributed by atoms with Crippen LogP contribution in [0.5, 0.6) is 0 Å². The SMILES string of the molecule is CCNC(=O)c1ccc(N)cc1Br. The second-order valence-corrected chi connectivity index (χ2v) is 3.45. The molecule has 0 aliphatic heterocycles.